The fourth-order valence-corrected chi connectivity index (χ4v) is 2.72. The Morgan fingerprint density at radius 3 is 2.70 bits per heavy atom. The van der Waals surface area contributed by atoms with E-state index in [1.165, 1.54) is 0 Å². The molecule has 0 aliphatic rings. The van der Waals surface area contributed by atoms with Crippen LogP contribution in [-0.2, 0) is 4.79 Å². The van der Waals surface area contributed by atoms with Crippen LogP contribution in [0.15, 0.2) is 10.2 Å². The van der Waals surface area contributed by atoms with Gasteiger partial charge in [0.1, 0.15) is 12.1 Å². The predicted octanol–water partition coefficient (Wildman–Crippen LogP) is 0.129. The number of carbonyl (C=O) groups is 2. The number of aliphatic carboxylic acids is 1. The minimum absolute atomic E-state index is 0.118. The number of fused-ring (bicyclic) bond motifs is 1. The Balaban J connectivity index is 2.63. The quantitative estimate of drug-likeness (QED) is 0.596. The number of carboxylic acid groups (broad SMARTS) is 1. The van der Waals surface area contributed by atoms with Crippen molar-refractivity contribution in [1.29, 1.82) is 0 Å². The van der Waals surface area contributed by atoms with Crippen LogP contribution in [0.2, 0.25) is 0 Å². The standard InChI is InChI=1S/C11H10N2O6S/c1-4-3-20-9-7(4)13(19)11(18)6(8(9)16)10(17)12-2-5(14)15/h3,16,19H,2H2,1H3,(H,12,17)(H,14,15). The predicted molar refractivity (Wildman–Crippen MR) is 69.6 cm³/mol. The third-order valence-electron chi connectivity index (χ3n) is 2.64. The van der Waals surface area contributed by atoms with Gasteiger partial charge in [-0.05, 0) is 17.9 Å². The Bertz CT molecular complexity index is 775. The molecule has 0 spiro atoms. The zero-order valence-electron chi connectivity index (χ0n) is 10.2. The van der Waals surface area contributed by atoms with Gasteiger partial charge in [0.2, 0.25) is 0 Å². The molecule has 0 unspecified atom stereocenters. The van der Waals surface area contributed by atoms with E-state index in [-0.39, 0.29) is 14.9 Å². The summed E-state index contributed by atoms with van der Waals surface area (Å²) < 4.78 is 0.446. The van der Waals surface area contributed by atoms with Crippen LogP contribution in [0.1, 0.15) is 15.9 Å². The van der Waals surface area contributed by atoms with Crippen LogP contribution >= 0.6 is 11.3 Å². The van der Waals surface area contributed by atoms with Crippen molar-refractivity contribution in [3.63, 3.8) is 0 Å². The number of amides is 1. The molecule has 0 bridgehead atoms. The van der Waals surface area contributed by atoms with E-state index >= 15 is 0 Å². The van der Waals surface area contributed by atoms with E-state index in [4.69, 9.17) is 5.11 Å². The number of aromatic hydroxyl groups is 1. The lowest BCUT2D eigenvalue weighted by Gasteiger charge is -2.08. The number of nitrogens with zero attached hydrogens (tertiary/aromatic N) is 1. The highest BCUT2D eigenvalue weighted by molar-refractivity contribution is 7.17. The average Bonchev–Trinajstić information content (AvgIpc) is 2.76. The van der Waals surface area contributed by atoms with Gasteiger partial charge in [-0.3, -0.25) is 14.4 Å². The number of aryl methyl sites for hydroxylation is 1. The molecule has 0 radical (unpaired) electrons. The molecule has 2 aromatic heterocycles. The topological polar surface area (TPSA) is 129 Å². The summed E-state index contributed by atoms with van der Waals surface area (Å²) in [5.74, 6) is -2.93. The van der Waals surface area contributed by atoms with Crippen molar-refractivity contribution in [2.75, 3.05) is 6.54 Å². The second-order valence-electron chi connectivity index (χ2n) is 4.01. The fourth-order valence-electron chi connectivity index (χ4n) is 1.74. The van der Waals surface area contributed by atoms with Crippen LogP contribution in [-0.4, -0.2) is 38.6 Å². The molecule has 0 saturated carbocycles. The summed E-state index contributed by atoms with van der Waals surface area (Å²) in [5.41, 5.74) is -1.12. The first kappa shape index (κ1) is 13.9. The van der Waals surface area contributed by atoms with Crippen molar-refractivity contribution in [3.8, 4) is 5.75 Å². The molecule has 2 aromatic rings. The molecule has 0 fully saturated rings. The number of pyridine rings is 1. The van der Waals surface area contributed by atoms with Crippen LogP contribution in [0.25, 0.3) is 10.2 Å². The Kier molecular flexibility index (Phi) is 3.36. The number of thiophene rings is 1. The van der Waals surface area contributed by atoms with Gasteiger partial charge in [0.15, 0.2) is 11.3 Å². The van der Waals surface area contributed by atoms with Crippen molar-refractivity contribution < 1.29 is 25.0 Å². The van der Waals surface area contributed by atoms with E-state index in [1.807, 2.05) is 5.32 Å². The van der Waals surface area contributed by atoms with Gasteiger partial charge in [-0.1, -0.05) is 0 Å². The lowest BCUT2D eigenvalue weighted by Crippen LogP contribution is -2.35. The molecule has 9 heteroatoms. The zero-order chi connectivity index (χ0) is 15.0. The number of nitrogens with one attached hydrogen (secondary N) is 1. The van der Waals surface area contributed by atoms with Crippen LogP contribution in [0.4, 0.5) is 0 Å². The second-order valence-corrected chi connectivity index (χ2v) is 4.89. The first-order valence-electron chi connectivity index (χ1n) is 5.39. The Labute approximate surface area is 115 Å². The summed E-state index contributed by atoms with van der Waals surface area (Å²) in [7, 11) is 0. The summed E-state index contributed by atoms with van der Waals surface area (Å²) in [6.45, 7) is 0.930. The van der Waals surface area contributed by atoms with Gasteiger partial charge < -0.3 is 20.7 Å². The SMILES string of the molecule is Cc1csc2c(O)c(C(=O)NCC(=O)O)c(=O)n(O)c12. The molecule has 4 N–H and O–H groups in total. The molecular formula is C11H10N2O6S. The maximum Gasteiger partial charge on any atom is 0.322 e. The highest BCUT2D eigenvalue weighted by Crippen LogP contribution is 2.33. The average molecular weight is 298 g/mol. The highest BCUT2D eigenvalue weighted by Gasteiger charge is 2.24. The molecule has 0 saturated heterocycles. The fraction of sp³-hybridized carbons (Fsp3) is 0.182. The lowest BCUT2D eigenvalue weighted by atomic mass is 10.2. The number of rotatable bonds is 3. The monoisotopic (exact) mass is 298 g/mol. The van der Waals surface area contributed by atoms with Gasteiger partial charge in [-0.25, -0.2) is 0 Å². The van der Waals surface area contributed by atoms with Crippen LogP contribution in [0, 0.1) is 6.92 Å². The van der Waals surface area contributed by atoms with Gasteiger partial charge in [-0.2, -0.15) is 0 Å². The van der Waals surface area contributed by atoms with E-state index in [2.05, 4.69) is 0 Å². The molecule has 2 rings (SSSR count). The molecule has 106 valence electrons. The summed E-state index contributed by atoms with van der Waals surface area (Å²) in [5, 5.41) is 31.8. The van der Waals surface area contributed by atoms with E-state index in [0.29, 0.717) is 5.56 Å². The lowest BCUT2D eigenvalue weighted by molar-refractivity contribution is -0.135. The number of carbonyl (C=O) groups excluding carboxylic acids is 1. The van der Waals surface area contributed by atoms with Gasteiger partial charge in [-0.15, -0.1) is 16.1 Å². The summed E-state index contributed by atoms with van der Waals surface area (Å²) in [4.78, 5) is 34.0. The van der Waals surface area contributed by atoms with Crippen molar-refractivity contribution >= 4 is 33.4 Å². The molecule has 20 heavy (non-hydrogen) atoms. The van der Waals surface area contributed by atoms with Gasteiger partial charge in [0, 0.05) is 0 Å². The van der Waals surface area contributed by atoms with Crippen LogP contribution in [0.3, 0.4) is 0 Å². The molecule has 0 aromatic carbocycles. The largest absolute Gasteiger partial charge is 0.505 e. The minimum Gasteiger partial charge on any atom is -0.505 e. The normalized spacial score (nSPS) is 10.7. The maximum absolute atomic E-state index is 11.9. The molecule has 1 amide bonds. The Morgan fingerprint density at radius 1 is 1.45 bits per heavy atom. The third-order valence-corrected chi connectivity index (χ3v) is 3.73. The summed E-state index contributed by atoms with van der Waals surface area (Å²) >= 11 is 1.05. The zero-order valence-corrected chi connectivity index (χ0v) is 11.0. The van der Waals surface area contributed by atoms with E-state index in [1.54, 1.807) is 12.3 Å². The number of carboxylic acids is 1. The Hall–Kier alpha value is -2.55. The minimum atomic E-state index is -1.30. The van der Waals surface area contributed by atoms with Crippen LogP contribution < -0.4 is 10.9 Å². The molecule has 0 aliphatic carbocycles. The van der Waals surface area contributed by atoms with Gasteiger partial charge in [0.25, 0.3) is 11.5 Å². The number of aromatic nitrogens is 1. The molecule has 0 aliphatic heterocycles. The number of hydrogen-bond donors (Lipinski definition) is 4. The Morgan fingerprint density at radius 2 is 2.10 bits per heavy atom. The second kappa shape index (κ2) is 4.85. The first-order chi connectivity index (χ1) is 9.34. The van der Waals surface area contributed by atoms with E-state index in [0.717, 1.165) is 11.3 Å². The van der Waals surface area contributed by atoms with Gasteiger partial charge in [0.05, 0.1) is 4.70 Å². The molecule has 2 heterocycles. The smallest absolute Gasteiger partial charge is 0.322 e. The van der Waals surface area contributed by atoms with E-state index in [9.17, 15) is 24.7 Å². The summed E-state index contributed by atoms with van der Waals surface area (Å²) in [6, 6.07) is 0. The first-order valence-corrected chi connectivity index (χ1v) is 6.27. The van der Waals surface area contributed by atoms with Crippen molar-refractivity contribution in [1.82, 2.24) is 10.0 Å². The summed E-state index contributed by atoms with van der Waals surface area (Å²) in [6.07, 6.45) is 0. The third kappa shape index (κ3) is 2.07. The molecule has 8 nitrogen and oxygen atoms in total. The molecular weight excluding hydrogens is 288 g/mol. The van der Waals surface area contributed by atoms with Crippen molar-refractivity contribution in [2.45, 2.75) is 6.92 Å². The number of hydrogen-bond acceptors (Lipinski definition) is 6. The highest BCUT2D eigenvalue weighted by atomic mass is 32.1. The van der Waals surface area contributed by atoms with Crippen molar-refractivity contribution in [2.24, 2.45) is 0 Å². The maximum atomic E-state index is 11.9. The molecule has 0 atom stereocenters. The van der Waals surface area contributed by atoms with Crippen LogP contribution in [0.5, 0.6) is 5.75 Å². The van der Waals surface area contributed by atoms with Crippen molar-refractivity contribution in [3.05, 3.63) is 26.9 Å². The van der Waals surface area contributed by atoms with E-state index < -0.39 is 35.3 Å². The van der Waals surface area contributed by atoms with Gasteiger partial charge >= 0.3 is 5.97 Å².